The Morgan fingerprint density at radius 1 is 1.10 bits per heavy atom. The number of rotatable bonds is 2. The van der Waals surface area contributed by atoms with E-state index in [0.717, 1.165) is 42.3 Å². The molecule has 114 valence electrons. The van der Waals surface area contributed by atoms with Gasteiger partial charge in [0, 0.05) is 6.04 Å². The standard InChI is InChI=1S/C14H21F3N2O/c1-8(18-12(20)19-14(15,16)17)13-5-9-2-10(6-13)4-11(3-9)7-13/h8-11H,2-7H2,1H3,(H2,18,19,20). The number of nitrogens with one attached hydrogen (secondary N) is 2. The quantitative estimate of drug-likeness (QED) is 0.752. The second-order valence-corrected chi connectivity index (χ2v) is 7.10. The molecule has 4 fully saturated rings. The maximum Gasteiger partial charge on any atom is 0.485 e. The summed E-state index contributed by atoms with van der Waals surface area (Å²) in [6.07, 6.45) is 2.36. The molecule has 1 unspecified atom stereocenters. The maximum atomic E-state index is 12.1. The Bertz CT molecular complexity index is 372. The molecule has 0 radical (unpaired) electrons. The SMILES string of the molecule is CC(NC(=O)NC(F)(F)F)C12CC3CC(CC(C3)C1)C2. The van der Waals surface area contributed by atoms with E-state index in [1.54, 1.807) is 0 Å². The van der Waals surface area contributed by atoms with Gasteiger partial charge in [-0.05, 0) is 68.6 Å². The van der Waals surface area contributed by atoms with E-state index in [9.17, 15) is 18.0 Å². The van der Waals surface area contributed by atoms with Crippen LogP contribution in [-0.4, -0.2) is 18.4 Å². The first-order chi connectivity index (χ1) is 9.26. The van der Waals surface area contributed by atoms with Crippen molar-refractivity contribution in [2.24, 2.45) is 23.2 Å². The second kappa shape index (κ2) is 4.53. The summed E-state index contributed by atoms with van der Waals surface area (Å²) in [6.45, 7) is 1.86. The van der Waals surface area contributed by atoms with Gasteiger partial charge in [-0.15, -0.1) is 0 Å². The molecule has 1 atom stereocenters. The molecule has 6 heteroatoms. The molecule has 4 rings (SSSR count). The normalized spacial score (nSPS) is 40.5. The van der Waals surface area contributed by atoms with Gasteiger partial charge in [0.15, 0.2) is 0 Å². The highest BCUT2D eigenvalue weighted by atomic mass is 19.4. The fourth-order valence-corrected chi connectivity index (χ4v) is 5.22. The van der Waals surface area contributed by atoms with E-state index in [0.29, 0.717) is 0 Å². The third kappa shape index (κ3) is 2.61. The third-order valence-electron chi connectivity index (χ3n) is 5.61. The molecule has 0 spiro atoms. The first kappa shape index (κ1) is 14.0. The van der Waals surface area contributed by atoms with Crippen LogP contribution < -0.4 is 10.6 Å². The van der Waals surface area contributed by atoms with Crippen molar-refractivity contribution >= 4 is 6.03 Å². The van der Waals surface area contributed by atoms with Crippen molar-refractivity contribution in [2.75, 3.05) is 0 Å². The predicted octanol–water partition coefficient (Wildman–Crippen LogP) is 3.41. The molecule has 3 nitrogen and oxygen atoms in total. The van der Waals surface area contributed by atoms with Crippen LogP contribution in [-0.2, 0) is 0 Å². The van der Waals surface area contributed by atoms with Crippen LogP contribution in [0.3, 0.4) is 0 Å². The van der Waals surface area contributed by atoms with Crippen LogP contribution >= 0.6 is 0 Å². The molecule has 20 heavy (non-hydrogen) atoms. The Balaban J connectivity index is 1.65. The summed E-state index contributed by atoms with van der Waals surface area (Å²) in [6, 6.07) is -1.32. The Hall–Kier alpha value is -0.940. The van der Waals surface area contributed by atoms with Gasteiger partial charge in [0.25, 0.3) is 0 Å². The zero-order valence-corrected chi connectivity index (χ0v) is 11.6. The summed E-state index contributed by atoms with van der Waals surface area (Å²) in [5.41, 5.74) is 0.0255. The average molecular weight is 290 g/mol. The lowest BCUT2D eigenvalue weighted by Crippen LogP contribution is -2.58. The van der Waals surface area contributed by atoms with Gasteiger partial charge in [-0.25, -0.2) is 10.1 Å². The van der Waals surface area contributed by atoms with Crippen molar-refractivity contribution in [3.05, 3.63) is 0 Å². The zero-order valence-electron chi connectivity index (χ0n) is 11.6. The van der Waals surface area contributed by atoms with Crippen molar-refractivity contribution in [1.29, 1.82) is 0 Å². The highest BCUT2D eigenvalue weighted by molar-refractivity contribution is 5.74. The molecule has 2 amide bonds. The first-order valence-corrected chi connectivity index (χ1v) is 7.41. The van der Waals surface area contributed by atoms with E-state index in [-0.39, 0.29) is 11.5 Å². The van der Waals surface area contributed by atoms with Crippen molar-refractivity contribution in [1.82, 2.24) is 10.6 Å². The number of carbonyl (C=O) groups excluding carboxylic acids is 1. The molecule has 4 saturated carbocycles. The number of amides is 2. The summed E-state index contributed by atoms with van der Waals surface area (Å²) in [7, 11) is 0. The van der Waals surface area contributed by atoms with Gasteiger partial charge in [-0.3, -0.25) is 0 Å². The molecular weight excluding hydrogens is 269 g/mol. The van der Waals surface area contributed by atoms with Crippen LogP contribution in [0.4, 0.5) is 18.0 Å². The monoisotopic (exact) mass is 290 g/mol. The molecule has 4 aliphatic rings. The van der Waals surface area contributed by atoms with Gasteiger partial charge < -0.3 is 5.32 Å². The van der Waals surface area contributed by atoms with Crippen LogP contribution in [0.1, 0.15) is 45.4 Å². The van der Waals surface area contributed by atoms with Crippen LogP contribution in [0, 0.1) is 23.2 Å². The predicted molar refractivity (Wildman–Crippen MR) is 67.8 cm³/mol. The van der Waals surface area contributed by atoms with E-state index in [2.05, 4.69) is 5.32 Å². The average Bonchev–Trinajstić information content (AvgIpc) is 2.23. The summed E-state index contributed by atoms with van der Waals surface area (Å²) in [5, 5.41) is 3.56. The highest BCUT2D eigenvalue weighted by Crippen LogP contribution is 2.61. The van der Waals surface area contributed by atoms with Gasteiger partial charge >= 0.3 is 12.3 Å². The van der Waals surface area contributed by atoms with E-state index < -0.39 is 12.3 Å². The van der Waals surface area contributed by atoms with Crippen molar-refractivity contribution in [2.45, 2.75) is 57.8 Å². The minimum Gasteiger partial charge on any atom is -0.335 e. The fourth-order valence-electron chi connectivity index (χ4n) is 5.22. The Kier molecular flexibility index (Phi) is 3.18. The largest absolute Gasteiger partial charge is 0.485 e. The molecule has 0 saturated heterocycles. The minimum atomic E-state index is -4.66. The van der Waals surface area contributed by atoms with E-state index in [4.69, 9.17) is 0 Å². The summed E-state index contributed by atoms with van der Waals surface area (Å²) >= 11 is 0. The second-order valence-electron chi connectivity index (χ2n) is 7.10. The van der Waals surface area contributed by atoms with Crippen molar-refractivity contribution in [3.63, 3.8) is 0 Å². The maximum absolute atomic E-state index is 12.1. The molecular formula is C14H21F3N2O. The topological polar surface area (TPSA) is 41.1 Å². The fraction of sp³-hybridized carbons (Fsp3) is 0.929. The molecule has 0 aliphatic heterocycles. The third-order valence-corrected chi connectivity index (χ3v) is 5.61. The molecule has 4 aliphatic carbocycles. The summed E-state index contributed by atoms with van der Waals surface area (Å²) in [5.74, 6) is 2.16. The number of carbonyl (C=O) groups is 1. The molecule has 0 aromatic rings. The lowest BCUT2D eigenvalue weighted by Gasteiger charge is -2.59. The van der Waals surface area contributed by atoms with E-state index in [1.165, 1.54) is 19.3 Å². The lowest BCUT2D eigenvalue weighted by atomic mass is 9.48. The number of urea groups is 1. The number of hydrogen-bond donors (Lipinski definition) is 2. The van der Waals surface area contributed by atoms with E-state index in [1.807, 2.05) is 6.92 Å². The Morgan fingerprint density at radius 3 is 1.95 bits per heavy atom. The van der Waals surface area contributed by atoms with Crippen molar-refractivity contribution in [3.8, 4) is 0 Å². The van der Waals surface area contributed by atoms with Gasteiger partial charge in [-0.2, -0.15) is 13.2 Å². The van der Waals surface area contributed by atoms with Crippen LogP contribution in [0.5, 0.6) is 0 Å². The van der Waals surface area contributed by atoms with Crippen LogP contribution in [0.15, 0.2) is 0 Å². The molecule has 0 heterocycles. The summed E-state index contributed by atoms with van der Waals surface area (Å²) in [4.78, 5) is 11.4. The summed E-state index contributed by atoms with van der Waals surface area (Å²) < 4.78 is 36.4. The van der Waals surface area contributed by atoms with Gasteiger partial charge in [0.1, 0.15) is 0 Å². The van der Waals surface area contributed by atoms with Gasteiger partial charge in [0.05, 0.1) is 0 Å². The van der Waals surface area contributed by atoms with Crippen LogP contribution in [0.25, 0.3) is 0 Å². The first-order valence-electron chi connectivity index (χ1n) is 7.41. The smallest absolute Gasteiger partial charge is 0.335 e. The molecule has 4 bridgehead atoms. The minimum absolute atomic E-state index is 0.0255. The molecule has 0 aromatic carbocycles. The molecule has 2 N–H and O–H groups in total. The Morgan fingerprint density at radius 2 is 1.55 bits per heavy atom. The number of hydrogen-bond acceptors (Lipinski definition) is 1. The Labute approximate surface area is 116 Å². The van der Waals surface area contributed by atoms with Crippen molar-refractivity contribution < 1.29 is 18.0 Å². The van der Waals surface area contributed by atoms with Crippen LogP contribution in [0.2, 0.25) is 0 Å². The molecule has 0 aromatic heterocycles. The van der Waals surface area contributed by atoms with Gasteiger partial charge in [0.2, 0.25) is 0 Å². The zero-order chi connectivity index (χ0) is 14.5. The highest BCUT2D eigenvalue weighted by Gasteiger charge is 2.53. The number of alkyl halides is 3. The van der Waals surface area contributed by atoms with Gasteiger partial charge in [-0.1, -0.05) is 0 Å². The number of halogens is 3. The van der Waals surface area contributed by atoms with E-state index >= 15 is 0 Å². The lowest BCUT2D eigenvalue weighted by molar-refractivity contribution is -0.146.